The number of carbonyl (C=O) groups is 2. The van der Waals surface area contributed by atoms with E-state index in [1.807, 2.05) is 43.3 Å². The highest BCUT2D eigenvalue weighted by molar-refractivity contribution is 6.03. The maximum absolute atomic E-state index is 13.6. The van der Waals surface area contributed by atoms with Crippen molar-refractivity contribution < 1.29 is 48.6 Å². The quantitative estimate of drug-likeness (QED) is 0.145. The van der Waals surface area contributed by atoms with Crippen LogP contribution in [0.5, 0.6) is 5.75 Å². The number of rotatable bonds is 10. The summed E-state index contributed by atoms with van der Waals surface area (Å²) in [5, 5.41) is 41.6. The first kappa shape index (κ1) is 35.0. The number of hydrogen-bond donors (Lipinski definition) is 4. The topological polar surface area (TPSA) is 149 Å². The van der Waals surface area contributed by atoms with E-state index in [1.54, 1.807) is 29.2 Å². The first-order valence-corrected chi connectivity index (χ1v) is 15.5. The van der Waals surface area contributed by atoms with Crippen molar-refractivity contribution in [1.82, 2.24) is 4.90 Å². The van der Waals surface area contributed by atoms with E-state index in [2.05, 4.69) is 16.6 Å². The van der Waals surface area contributed by atoms with Gasteiger partial charge in [-0.05, 0) is 86.6 Å². The van der Waals surface area contributed by atoms with Gasteiger partial charge in [0.2, 0.25) is 12.2 Å². The summed E-state index contributed by atoms with van der Waals surface area (Å²) in [7, 11) is 4.97. The van der Waals surface area contributed by atoms with E-state index in [-0.39, 0.29) is 18.1 Å². The molecule has 254 valence electrons. The maximum atomic E-state index is 13.6. The van der Waals surface area contributed by atoms with Crippen LogP contribution in [0.3, 0.4) is 0 Å². The zero-order valence-corrected chi connectivity index (χ0v) is 26.8. The van der Waals surface area contributed by atoms with Crippen LogP contribution < -0.4 is 9.64 Å². The molecule has 3 aromatic rings. The lowest BCUT2D eigenvalue weighted by atomic mass is 9.78. The molecule has 0 bridgehead atoms. The lowest BCUT2D eigenvalue weighted by molar-refractivity contribution is -0.271. The average Bonchev–Trinajstić information content (AvgIpc) is 3.08. The maximum Gasteiger partial charge on any atom is 0.337 e. The van der Waals surface area contributed by atoms with Gasteiger partial charge in [-0.3, -0.25) is 9.69 Å². The van der Waals surface area contributed by atoms with Gasteiger partial charge in [0.05, 0.1) is 31.7 Å². The van der Waals surface area contributed by atoms with Crippen LogP contribution in [0.4, 0.5) is 10.1 Å². The molecule has 4 N–H and O–H groups in total. The first-order valence-electron chi connectivity index (χ1n) is 15.5. The molecular weight excluding hydrogens is 623 g/mol. The predicted octanol–water partition coefficient (Wildman–Crippen LogP) is 2.32. The van der Waals surface area contributed by atoms with Crippen molar-refractivity contribution in [2.45, 2.75) is 55.7 Å². The number of nitrogens with zero attached hydrogens (tertiary/aromatic N) is 2. The Morgan fingerprint density at radius 1 is 0.979 bits per heavy atom. The van der Waals surface area contributed by atoms with E-state index in [1.165, 1.54) is 24.3 Å². The number of hydrogen-bond acceptors (Lipinski definition) is 10. The van der Waals surface area contributed by atoms with E-state index >= 15 is 0 Å². The van der Waals surface area contributed by atoms with Crippen molar-refractivity contribution in [2.75, 3.05) is 32.6 Å². The minimum atomic E-state index is -1.72. The Morgan fingerprint density at radius 3 is 2.27 bits per heavy atom. The molecule has 5 rings (SSSR count). The highest BCUT2D eigenvalue weighted by Gasteiger charge is 2.50. The van der Waals surface area contributed by atoms with Gasteiger partial charge in [0.25, 0.3) is 0 Å². The van der Waals surface area contributed by atoms with Gasteiger partial charge in [-0.1, -0.05) is 36.1 Å². The minimum absolute atomic E-state index is 0.113. The SMILES string of the molecule is COC(=O)[C@H]1O[C@@H](Oc2ccc(C3[C@@H](CC[C@H](O)c4ccc(F)cc4)C(=O)N3c3ccc(C#CCN(C)C)cc3)cc2)[C@H](O)[C@@H](O)[C@@H]1O. The number of halogens is 1. The number of aliphatic hydroxyl groups is 4. The third kappa shape index (κ3) is 7.68. The second-order valence-corrected chi connectivity index (χ2v) is 12.1. The number of anilines is 1. The Hall–Kier alpha value is -4.35. The second kappa shape index (κ2) is 15.3. The number of amides is 1. The summed E-state index contributed by atoms with van der Waals surface area (Å²) in [4.78, 5) is 29.3. The summed E-state index contributed by atoms with van der Waals surface area (Å²) in [6.45, 7) is 0.611. The van der Waals surface area contributed by atoms with Crippen LogP contribution in [0.25, 0.3) is 0 Å². The third-order valence-corrected chi connectivity index (χ3v) is 8.47. The fourth-order valence-electron chi connectivity index (χ4n) is 5.83. The molecule has 2 heterocycles. The predicted molar refractivity (Wildman–Crippen MR) is 172 cm³/mol. The van der Waals surface area contributed by atoms with Gasteiger partial charge in [0.15, 0.2) is 6.10 Å². The Kier molecular flexibility index (Phi) is 11.1. The fourth-order valence-corrected chi connectivity index (χ4v) is 5.83. The largest absolute Gasteiger partial charge is 0.467 e. The third-order valence-electron chi connectivity index (χ3n) is 8.47. The van der Waals surface area contributed by atoms with Gasteiger partial charge in [-0.15, -0.1) is 0 Å². The summed E-state index contributed by atoms with van der Waals surface area (Å²) in [5.41, 5.74) is 2.82. The van der Waals surface area contributed by atoms with Crippen LogP contribution in [-0.2, 0) is 19.1 Å². The normalized spacial score (nSPS) is 25.9. The Balaban J connectivity index is 1.35. The van der Waals surface area contributed by atoms with Gasteiger partial charge < -0.3 is 39.5 Å². The molecule has 1 amide bonds. The van der Waals surface area contributed by atoms with Gasteiger partial charge in [-0.2, -0.15) is 0 Å². The van der Waals surface area contributed by atoms with E-state index in [4.69, 9.17) is 9.47 Å². The van der Waals surface area contributed by atoms with Crippen LogP contribution in [0.2, 0.25) is 0 Å². The number of aliphatic hydroxyl groups excluding tert-OH is 4. The van der Waals surface area contributed by atoms with Crippen molar-refractivity contribution in [3.63, 3.8) is 0 Å². The van der Waals surface area contributed by atoms with Crippen LogP contribution in [-0.4, -0.2) is 95.7 Å². The number of β-lactam (4-membered cyclic amide) rings is 1. The molecule has 2 aliphatic rings. The average molecular weight is 663 g/mol. The van der Waals surface area contributed by atoms with E-state index in [0.29, 0.717) is 24.2 Å². The minimum Gasteiger partial charge on any atom is -0.467 e. The van der Waals surface area contributed by atoms with Crippen molar-refractivity contribution >= 4 is 17.6 Å². The molecule has 2 aliphatic heterocycles. The van der Waals surface area contributed by atoms with Crippen molar-refractivity contribution in [3.05, 3.63) is 95.3 Å². The molecule has 48 heavy (non-hydrogen) atoms. The van der Waals surface area contributed by atoms with Crippen LogP contribution in [0, 0.1) is 23.6 Å². The Labute approximate surface area is 278 Å². The van der Waals surface area contributed by atoms with Gasteiger partial charge in [0.1, 0.15) is 29.9 Å². The highest BCUT2D eigenvalue weighted by Crippen LogP contribution is 2.46. The van der Waals surface area contributed by atoms with Gasteiger partial charge >= 0.3 is 5.97 Å². The zero-order chi connectivity index (χ0) is 34.5. The monoisotopic (exact) mass is 662 g/mol. The molecule has 0 aliphatic carbocycles. The number of esters is 1. The summed E-state index contributed by atoms with van der Waals surface area (Å²) >= 11 is 0. The van der Waals surface area contributed by atoms with Crippen molar-refractivity contribution in [3.8, 4) is 17.6 Å². The molecule has 0 radical (unpaired) electrons. The molecule has 11 nitrogen and oxygen atoms in total. The van der Waals surface area contributed by atoms with Crippen LogP contribution in [0.1, 0.15) is 41.7 Å². The molecule has 2 fully saturated rings. The lowest BCUT2D eigenvalue weighted by Gasteiger charge is -2.48. The molecular formula is C36H39FN2O9. The van der Waals surface area contributed by atoms with Crippen molar-refractivity contribution in [1.29, 1.82) is 0 Å². The molecule has 3 aromatic carbocycles. The van der Waals surface area contributed by atoms with E-state index in [9.17, 15) is 34.4 Å². The molecule has 0 spiro atoms. The summed E-state index contributed by atoms with van der Waals surface area (Å²) in [6.07, 6.45) is -8.39. The summed E-state index contributed by atoms with van der Waals surface area (Å²) in [5.74, 6) is 4.52. The molecule has 1 unspecified atom stereocenters. The molecule has 2 saturated heterocycles. The Morgan fingerprint density at radius 2 is 1.65 bits per heavy atom. The highest BCUT2D eigenvalue weighted by atomic mass is 19.1. The number of methoxy groups -OCH3 is 1. The molecule has 8 atom stereocenters. The summed E-state index contributed by atoms with van der Waals surface area (Å²) < 4.78 is 29.2. The number of carbonyl (C=O) groups excluding carboxylic acids is 2. The van der Waals surface area contributed by atoms with Crippen LogP contribution in [0.15, 0.2) is 72.8 Å². The number of benzene rings is 3. The first-order chi connectivity index (χ1) is 23.0. The standard InChI is InChI=1S/C36H39FN2O9/c1-38(2)20-4-5-21-6-14-25(15-7-21)39-29(27(34(39)44)18-19-28(40)22-8-12-24(37)13-9-22)23-10-16-26(17-11-23)47-36-32(43)30(41)31(42)33(48-36)35(45)46-3/h6-17,27-33,36,40-43H,18-20H2,1-3H3/t27-,28+,29?,30+,31+,32-,33+,36-/m1/s1. The van der Waals surface area contributed by atoms with Gasteiger partial charge in [-0.25, -0.2) is 9.18 Å². The molecule has 0 aromatic heterocycles. The molecule has 12 heteroatoms. The zero-order valence-electron chi connectivity index (χ0n) is 26.8. The van der Waals surface area contributed by atoms with Gasteiger partial charge in [0, 0.05) is 11.3 Å². The summed E-state index contributed by atoms with van der Waals surface area (Å²) in [6, 6.07) is 19.3. The van der Waals surface area contributed by atoms with E-state index < -0.39 is 60.6 Å². The lowest BCUT2D eigenvalue weighted by Crippen LogP contribution is -2.61. The second-order valence-electron chi connectivity index (χ2n) is 12.1. The van der Waals surface area contributed by atoms with E-state index in [0.717, 1.165) is 18.2 Å². The fraction of sp³-hybridized carbons (Fsp3) is 0.389. The van der Waals surface area contributed by atoms with Crippen LogP contribution >= 0.6 is 0 Å². The Bertz CT molecular complexity index is 1620. The smallest absolute Gasteiger partial charge is 0.337 e. The molecule has 0 saturated carbocycles. The number of ether oxygens (including phenoxy) is 3. The van der Waals surface area contributed by atoms with Crippen molar-refractivity contribution in [2.24, 2.45) is 5.92 Å².